The number of carbonyl (C=O) groups is 1. The van der Waals surface area contributed by atoms with Crippen LogP contribution in [0.25, 0.3) is 0 Å². The van der Waals surface area contributed by atoms with Gasteiger partial charge >= 0.3 is 5.97 Å². The molecule has 116 valence electrons. The van der Waals surface area contributed by atoms with Gasteiger partial charge in [-0.05, 0) is 18.9 Å². The molecule has 0 aliphatic heterocycles. The SMILES string of the molecule is O=C(O)CCCCNS(=O)(=O)c1cc([N+](=O)[O-])ccc1F. The van der Waals surface area contributed by atoms with Crippen LogP contribution in [0.5, 0.6) is 0 Å². The van der Waals surface area contributed by atoms with Crippen molar-refractivity contribution in [3.63, 3.8) is 0 Å². The molecule has 0 amide bonds. The maximum absolute atomic E-state index is 13.5. The van der Waals surface area contributed by atoms with Gasteiger partial charge in [-0.2, -0.15) is 0 Å². The number of benzene rings is 1. The van der Waals surface area contributed by atoms with Crippen LogP contribution < -0.4 is 4.72 Å². The molecule has 0 heterocycles. The van der Waals surface area contributed by atoms with Gasteiger partial charge in [0.2, 0.25) is 10.0 Å². The molecular weight excluding hydrogens is 307 g/mol. The average molecular weight is 320 g/mol. The lowest BCUT2D eigenvalue weighted by Crippen LogP contribution is -2.25. The number of nitrogens with zero attached hydrogens (tertiary/aromatic N) is 1. The summed E-state index contributed by atoms with van der Waals surface area (Å²) in [7, 11) is -4.22. The molecule has 0 aliphatic rings. The van der Waals surface area contributed by atoms with Gasteiger partial charge in [-0.1, -0.05) is 0 Å². The number of halogens is 1. The summed E-state index contributed by atoms with van der Waals surface area (Å²) >= 11 is 0. The minimum Gasteiger partial charge on any atom is -0.481 e. The Morgan fingerprint density at radius 2 is 2.05 bits per heavy atom. The number of hydrogen-bond donors (Lipinski definition) is 2. The Labute approximate surface area is 119 Å². The first kappa shape index (κ1) is 17.0. The summed E-state index contributed by atoms with van der Waals surface area (Å²) in [6.45, 7) is -0.0856. The third-order valence-electron chi connectivity index (χ3n) is 2.52. The minimum absolute atomic E-state index is 0.0856. The lowest BCUT2D eigenvalue weighted by atomic mass is 10.2. The summed E-state index contributed by atoms with van der Waals surface area (Å²) in [6.07, 6.45) is 0.407. The van der Waals surface area contributed by atoms with Crippen molar-refractivity contribution in [2.24, 2.45) is 0 Å². The third-order valence-corrected chi connectivity index (χ3v) is 4.00. The van der Waals surface area contributed by atoms with E-state index in [9.17, 15) is 27.7 Å². The summed E-state index contributed by atoms with van der Waals surface area (Å²) in [5.74, 6) is -2.10. The lowest BCUT2D eigenvalue weighted by molar-refractivity contribution is -0.385. The number of rotatable bonds is 8. The minimum atomic E-state index is -4.22. The fourth-order valence-corrected chi connectivity index (χ4v) is 2.67. The van der Waals surface area contributed by atoms with Crippen molar-refractivity contribution < 1.29 is 27.6 Å². The second kappa shape index (κ2) is 7.09. The Hall–Kier alpha value is -2.07. The van der Waals surface area contributed by atoms with E-state index in [0.29, 0.717) is 12.1 Å². The van der Waals surface area contributed by atoms with E-state index in [0.717, 1.165) is 6.07 Å². The topological polar surface area (TPSA) is 127 Å². The summed E-state index contributed by atoms with van der Waals surface area (Å²) in [6, 6.07) is 2.20. The van der Waals surface area contributed by atoms with E-state index in [2.05, 4.69) is 4.72 Å². The number of carboxylic acid groups (broad SMARTS) is 1. The predicted molar refractivity (Wildman–Crippen MR) is 69.7 cm³/mol. The highest BCUT2D eigenvalue weighted by atomic mass is 32.2. The first-order valence-corrected chi connectivity index (χ1v) is 7.38. The first-order valence-electron chi connectivity index (χ1n) is 5.89. The molecule has 0 fully saturated rings. The maximum atomic E-state index is 13.5. The molecule has 0 saturated carbocycles. The highest BCUT2D eigenvalue weighted by molar-refractivity contribution is 7.89. The van der Waals surface area contributed by atoms with Gasteiger partial charge in [-0.3, -0.25) is 14.9 Å². The third kappa shape index (κ3) is 5.08. The number of nitro groups is 1. The van der Waals surface area contributed by atoms with Crippen molar-refractivity contribution in [3.8, 4) is 0 Å². The van der Waals surface area contributed by atoms with Crippen LogP contribution in [0.4, 0.5) is 10.1 Å². The number of carboxylic acids is 1. The van der Waals surface area contributed by atoms with E-state index in [4.69, 9.17) is 5.11 Å². The fourth-order valence-electron chi connectivity index (χ4n) is 1.50. The first-order chi connectivity index (χ1) is 9.74. The smallest absolute Gasteiger partial charge is 0.303 e. The average Bonchev–Trinajstić information content (AvgIpc) is 2.37. The van der Waals surface area contributed by atoms with Gasteiger partial charge in [0.1, 0.15) is 10.7 Å². The van der Waals surface area contributed by atoms with Crippen LogP contribution in [0.3, 0.4) is 0 Å². The zero-order valence-electron chi connectivity index (χ0n) is 10.8. The molecule has 0 atom stereocenters. The van der Waals surface area contributed by atoms with Gasteiger partial charge in [0.15, 0.2) is 0 Å². The molecule has 0 unspecified atom stereocenters. The zero-order chi connectivity index (χ0) is 16.0. The van der Waals surface area contributed by atoms with Crippen LogP contribution in [0.2, 0.25) is 0 Å². The van der Waals surface area contributed by atoms with Gasteiger partial charge in [-0.15, -0.1) is 0 Å². The Balaban J connectivity index is 2.76. The van der Waals surface area contributed by atoms with E-state index in [-0.39, 0.29) is 25.8 Å². The summed E-state index contributed by atoms with van der Waals surface area (Å²) in [4.78, 5) is 19.2. The van der Waals surface area contributed by atoms with E-state index >= 15 is 0 Å². The van der Waals surface area contributed by atoms with Gasteiger partial charge in [0.05, 0.1) is 4.92 Å². The molecular formula is C11H13FN2O6S. The molecule has 10 heteroatoms. The normalized spacial score (nSPS) is 11.3. The van der Waals surface area contributed by atoms with Gasteiger partial charge < -0.3 is 5.11 Å². The molecule has 0 spiro atoms. The highest BCUT2D eigenvalue weighted by Gasteiger charge is 2.22. The van der Waals surface area contributed by atoms with Crippen molar-refractivity contribution in [1.82, 2.24) is 4.72 Å². The van der Waals surface area contributed by atoms with Crippen LogP contribution in [-0.2, 0) is 14.8 Å². The van der Waals surface area contributed by atoms with Crippen molar-refractivity contribution in [3.05, 3.63) is 34.1 Å². The summed E-state index contributed by atoms with van der Waals surface area (Å²) in [5, 5.41) is 19.0. The largest absolute Gasteiger partial charge is 0.481 e. The van der Waals surface area contributed by atoms with Crippen LogP contribution >= 0.6 is 0 Å². The van der Waals surface area contributed by atoms with E-state index in [1.54, 1.807) is 0 Å². The molecule has 0 radical (unpaired) electrons. The molecule has 1 aromatic carbocycles. The number of aliphatic carboxylic acids is 1. The maximum Gasteiger partial charge on any atom is 0.303 e. The molecule has 21 heavy (non-hydrogen) atoms. The van der Waals surface area contributed by atoms with Crippen molar-refractivity contribution in [2.75, 3.05) is 6.54 Å². The number of sulfonamides is 1. The second-order valence-corrected chi connectivity index (χ2v) is 5.86. The molecule has 0 aromatic heterocycles. The van der Waals surface area contributed by atoms with Crippen LogP contribution in [0.15, 0.2) is 23.1 Å². The summed E-state index contributed by atoms with van der Waals surface area (Å²) < 4.78 is 39.2. The van der Waals surface area contributed by atoms with Crippen LogP contribution in [0, 0.1) is 15.9 Å². The van der Waals surface area contributed by atoms with E-state index < -0.39 is 37.3 Å². The quantitative estimate of drug-likeness (QED) is 0.422. The molecule has 0 bridgehead atoms. The molecule has 0 aliphatic carbocycles. The molecule has 1 aromatic rings. The number of non-ortho nitro benzene ring substituents is 1. The second-order valence-electron chi connectivity index (χ2n) is 4.12. The van der Waals surface area contributed by atoms with Gasteiger partial charge in [0, 0.05) is 25.1 Å². The number of hydrogen-bond acceptors (Lipinski definition) is 5. The van der Waals surface area contributed by atoms with Gasteiger partial charge in [-0.25, -0.2) is 17.5 Å². The standard InChI is InChI=1S/C11H13FN2O6S/c12-9-5-4-8(14(17)18)7-10(9)21(19,20)13-6-2-1-3-11(15)16/h4-5,7,13H,1-3,6H2,(H,15,16). The van der Waals surface area contributed by atoms with Gasteiger partial charge in [0.25, 0.3) is 5.69 Å². The van der Waals surface area contributed by atoms with Crippen molar-refractivity contribution >= 4 is 21.7 Å². The van der Waals surface area contributed by atoms with Crippen molar-refractivity contribution in [1.29, 1.82) is 0 Å². The fraction of sp³-hybridized carbons (Fsp3) is 0.364. The van der Waals surface area contributed by atoms with Crippen LogP contribution in [0.1, 0.15) is 19.3 Å². The molecule has 2 N–H and O–H groups in total. The van der Waals surface area contributed by atoms with E-state index in [1.165, 1.54) is 0 Å². The monoisotopic (exact) mass is 320 g/mol. The highest BCUT2D eigenvalue weighted by Crippen LogP contribution is 2.20. The Bertz CT molecular complexity index is 646. The number of nitro benzene ring substituents is 1. The number of nitrogens with one attached hydrogen (secondary N) is 1. The molecule has 8 nitrogen and oxygen atoms in total. The molecule has 0 saturated heterocycles. The Morgan fingerprint density at radius 3 is 2.62 bits per heavy atom. The Kier molecular flexibility index (Phi) is 5.73. The number of unbranched alkanes of at least 4 members (excludes halogenated alkanes) is 1. The molecule has 1 rings (SSSR count). The summed E-state index contributed by atoms with van der Waals surface area (Å²) in [5.41, 5.74) is -0.539. The zero-order valence-corrected chi connectivity index (χ0v) is 11.6. The van der Waals surface area contributed by atoms with E-state index in [1.807, 2.05) is 0 Å². The Morgan fingerprint density at radius 1 is 1.38 bits per heavy atom. The lowest BCUT2D eigenvalue weighted by Gasteiger charge is -2.07. The van der Waals surface area contributed by atoms with Crippen LogP contribution in [-0.4, -0.2) is 31.0 Å². The van der Waals surface area contributed by atoms with Crippen molar-refractivity contribution in [2.45, 2.75) is 24.2 Å². The predicted octanol–water partition coefficient (Wildman–Crippen LogP) is 1.27.